The normalized spacial score (nSPS) is 10.7. The number of hydrogen-bond acceptors (Lipinski definition) is 3. The standard InChI is InChI=1S/C17H14FNO3/c1-10-14-9-13(21-2)6-7-15(14)22-16(10)17(20)19-12-5-3-4-11(18)8-12/h3-9H,1-2H3,(H,19,20). The molecule has 1 aromatic heterocycles. The Hall–Kier alpha value is -2.82. The van der Waals surface area contributed by atoms with Gasteiger partial charge in [0.15, 0.2) is 5.76 Å². The van der Waals surface area contributed by atoms with Gasteiger partial charge in [-0.3, -0.25) is 4.79 Å². The van der Waals surface area contributed by atoms with E-state index in [0.717, 1.165) is 5.39 Å². The molecule has 3 rings (SSSR count). The zero-order valence-corrected chi connectivity index (χ0v) is 12.1. The van der Waals surface area contributed by atoms with E-state index in [9.17, 15) is 9.18 Å². The number of carbonyl (C=O) groups is 1. The summed E-state index contributed by atoms with van der Waals surface area (Å²) in [6.07, 6.45) is 0. The third-order valence-corrected chi connectivity index (χ3v) is 3.43. The number of anilines is 1. The van der Waals surface area contributed by atoms with Crippen molar-refractivity contribution < 1.29 is 18.3 Å². The van der Waals surface area contributed by atoms with Crippen LogP contribution in [0, 0.1) is 12.7 Å². The van der Waals surface area contributed by atoms with Crippen LogP contribution in [0.1, 0.15) is 16.1 Å². The van der Waals surface area contributed by atoms with Gasteiger partial charge in [0, 0.05) is 16.6 Å². The minimum absolute atomic E-state index is 0.201. The van der Waals surface area contributed by atoms with Crippen LogP contribution in [0.15, 0.2) is 46.9 Å². The van der Waals surface area contributed by atoms with Crippen LogP contribution in [-0.2, 0) is 0 Å². The highest BCUT2D eigenvalue weighted by atomic mass is 19.1. The van der Waals surface area contributed by atoms with Gasteiger partial charge in [-0.2, -0.15) is 0 Å². The fourth-order valence-corrected chi connectivity index (χ4v) is 2.30. The number of carbonyl (C=O) groups excluding carboxylic acids is 1. The Balaban J connectivity index is 1.95. The average Bonchev–Trinajstić information content (AvgIpc) is 2.84. The van der Waals surface area contributed by atoms with Crippen molar-refractivity contribution in [1.29, 1.82) is 0 Å². The number of furan rings is 1. The van der Waals surface area contributed by atoms with Crippen LogP contribution < -0.4 is 10.1 Å². The summed E-state index contributed by atoms with van der Waals surface area (Å²) in [7, 11) is 1.58. The molecule has 0 spiro atoms. The molecule has 22 heavy (non-hydrogen) atoms. The van der Waals surface area contributed by atoms with Crippen LogP contribution in [0.3, 0.4) is 0 Å². The molecule has 0 unspecified atom stereocenters. The van der Waals surface area contributed by atoms with E-state index in [1.165, 1.54) is 18.2 Å². The summed E-state index contributed by atoms with van der Waals surface area (Å²) in [5.41, 5.74) is 1.69. The van der Waals surface area contributed by atoms with Gasteiger partial charge in [0.25, 0.3) is 5.91 Å². The van der Waals surface area contributed by atoms with Crippen molar-refractivity contribution in [3.8, 4) is 5.75 Å². The number of rotatable bonds is 3. The van der Waals surface area contributed by atoms with Gasteiger partial charge < -0.3 is 14.5 Å². The van der Waals surface area contributed by atoms with Crippen molar-refractivity contribution in [1.82, 2.24) is 0 Å². The number of aryl methyl sites for hydroxylation is 1. The zero-order valence-electron chi connectivity index (χ0n) is 12.1. The minimum Gasteiger partial charge on any atom is -0.497 e. The molecule has 1 amide bonds. The van der Waals surface area contributed by atoms with Gasteiger partial charge in [-0.15, -0.1) is 0 Å². The minimum atomic E-state index is -0.418. The van der Waals surface area contributed by atoms with Gasteiger partial charge in [0.05, 0.1) is 7.11 Å². The Labute approximate surface area is 126 Å². The summed E-state index contributed by atoms with van der Waals surface area (Å²) >= 11 is 0. The molecule has 0 saturated carbocycles. The van der Waals surface area contributed by atoms with Crippen LogP contribution in [0.4, 0.5) is 10.1 Å². The molecule has 1 heterocycles. The van der Waals surface area contributed by atoms with Gasteiger partial charge >= 0.3 is 0 Å². The smallest absolute Gasteiger partial charge is 0.291 e. The number of halogens is 1. The molecule has 0 saturated heterocycles. The molecule has 0 aliphatic heterocycles. The van der Waals surface area contributed by atoms with Crippen LogP contribution in [0.2, 0.25) is 0 Å². The van der Waals surface area contributed by atoms with Crippen molar-refractivity contribution in [3.63, 3.8) is 0 Å². The molecule has 4 nitrogen and oxygen atoms in total. The molecule has 2 aromatic carbocycles. The first-order valence-corrected chi connectivity index (χ1v) is 6.72. The number of hydrogen-bond donors (Lipinski definition) is 1. The van der Waals surface area contributed by atoms with Crippen LogP contribution in [0.5, 0.6) is 5.75 Å². The van der Waals surface area contributed by atoms with Gasteiger partial charge in [-0.05, 0) is 43.3 Å². The second-order valence-electron chi connectivity index (χ2n) is 4.88. The van der Waals surface area contributed by atoms with Crippen LogP contribution >= 0.6 is 0 Å². The molecule has 0 aliphatic carbocycles. The molecule has 0 radical (unpaired) electrons. The predicted octanol–water partition coefficient (Wildman–Crippen LogP) is 4.14. The zero-order chi connectivity index (χ0) is 15.7. The molecule has 0 fully saturated rings. The first kappa shape index (κ1) is 14.1. The maximum absolute atomic E-state index is 13.2. The van der Waals surface area contributed by atoms with Crippen LogP contribution in [0.25, 0.3) is 11.0 Å². The second kappa shape index (κ2) is 5.52. The summed E-state index contributed by atoms with van der Waals surface area (Å²) in [5.74, 6) is 0.0585. The highest BCUT2D eigenvalue weighted by Gasteiger charge is 2.18. The highest BCUT2D eigenvalue weighted by molar-refractivity contribution is 6.06. The molecule has 5 heteroatoms. The molecule has 112 valence electrons. The molecular weight excluding hydrogens is 285 g/mol. The van der Waals surface area contributed by atoms with E-state index in [2.05, 4.69) is 5.32 Å². The van der Waals surface area contributed by atoms with E-state index in [-0.39, 0.29) is 5.76 Å². The van der Waals surface area contributed by atoms with Gasteiger partial charge in [-0.1, -0.05) is 6.07 Å². The van der Waals surface area contributed by atoms with E-state index < -0.39 is 11.7 Å². The molecule has 0 atom stereocenters. The number of benzene rings is 2. The summed E-state index contributed by atoms with van der Waals surface area (Å²) in [6, 6.07) is 11.0. The number of ether oxygens (including phenoxy) is 1. The molecule has 0 bridgehead atoms. The fourth-order valence-electron chi connectivity index (χ4n) is 2.30. The summed E-state index contributed by atoms with van der Waals surface area (Å²) in [5, 5.41) is 3.43. The van der Waals surface area contributed by atoms with E-state index in [1.807, 2.05) is 6.07 Å². The molecule has 0 aliphatic rings. The average molecular weight is 299 g/mol. The summed E-state index contributed by atoms with van der Waals surface area (Å²) < 4.78 is 23.9. The first-order valence-electron chi connectivity index (χ1n) is 6.72. The fraction of sp³-hybridized carbons (Fsp3) is 0.118. The molecule has 1 N–H and O–H groups in total. The summed E-state index contributed by atoms with van der Waals surface area (Å²) in [4.78, 5) is 12.3. The number of nitrogens with one attached hydrogen (secondary N) is 1. The Morgan fingerprint density at radius 1 is 1.23 bits per heavy atom. The quantitative estimate of drug-likeness (QED) is 0.790. The molecule has 3 aromatic rings. The third-order valence-electron chi connectivity index (χ3n) is 3.43. The van der Waals surface area contributed by atoms with Crippen molar-refractivity contribution in [2.45, 2.75) is 6.92 Å². The topological polar surface area (TPSA) is 51.5 Å². The Kier molecular flexibility index (Phi) is 3.55. The van der Waals surface area contributed by atoms with Gasteiger partial charge in [0.1, 0.15) is 17.1 Å². The lowest BCUT2D eigenvalue weighted by Gasteiger charge is -2.03. The van der Waals surface area contributed by atoms with Crippen molar-refractivity contribution >= 4 is 22.6 Å². The lowest BCUT2D eigenvalue weighted by Crippen LogP contribution is -2.12. The summed E-state index contributed by atoms with van der Waals surface area (Å²) in [6.45, 7) is 1.80. The lowest BCUT2D eigenvalue weighted by atomic mass is 10.1. The van der Waals surface area contributed by atoms with Gasteiger partial charge in [0.2, 0.25) is 0 Å². The first-order chi connectivity index (χ1) is 10.6. The van der Waals surface area contributed by atoms with Gasteiger partial charge in [-0.25, -0.2) is 4.39 Å². The monoisotopic (exact) mass is 299 g/mol. The third kappa shape index (κ3) is 2.53. The van der Waals surface area contributed by atoms with E-state index in [0.29, 0.717) is 22.6 Å². The number of methoxy groups -OCH3 is 1. The van der Waals surface area contributed by atoms with E-state index in [4.69, 9.17) is 9.15 Å². The Bertz CT molecular complexity index is 854. The predicted molar refractivity (Wildman–Crippen MR) is 81.9 cm³/mol. The van der Waals surface area contributed by atoms with E-state index >= 15 is 0 Å². The van der Waals surface area contributed by atoms with Crippen molar-refractivity contribution in [2.75, 3.05) is 12.4 Å². The Morgan fingerprint density at radius 3 is 2.77 bits per heavy atom. The van der Waals surface area contributed by atoms with Crippen LogP contribution in [-0.4, -0.2) is 13.0 Å². The van der Waals surface area contributed by atoms with Crippen molar-refractivity contribution in [3.05, 3.63) is 59.6 Å². The Morgan fingerprint density at radius 2 is 2.05 bits per heavy atom. The largest absolute Gasteiger partial charge is 0.497 e. The maximum atomic E-state index is 13.2. The SMILES string of the molecule is COc1ccc2oc(C(=O)Nc3cccc(F)c3)c(C)c2c1. The second-order valence-corrected chi connectivity index (χ2v) is 4.88. The van der Waals surface area contributed by atoms with Crippen molar-refractivity contribution in [2.24, 2.45) is 0 Å². The molecular formula is C17H14FNO3. The number of fused-ring (bicyclic) bond motifs is 1. The lowest BCUT2D eigenvalue weighted by molar-refractivity contribution is 0.0998. The maximum Gasteiger partial charge on any atom is 0.291 e. The number of amides is 1. The van der Waals surface area contributed by atoms with E-state index in [1.54, 1.807) is 32.2 Å². The highest BCUT2D eigenvalue weighted by Crippen LogP contribution is 2.29.